The summed E-state index contributed by atoms with van der Waals surface area (Å²) < 4.78 is 0. The number of anilines is 1. The minimum Gasteiger partial charge on any atom is -0.338 e. The third-order valence-electron chi connectivity index (χ3n) is 10.8. The Morgan fingerprint density at radius 3 is 2.20 bits per heavy atom. The minimum atomic E-state index is 0.362. The number of benzene rings is 1. The van der Waals surface area contributed by atoms with Crippen molar-refractivity contribution < 1.29 is 0 Å². The molecule has 2 heteroatoms. The number of rotatable bonds is 7. The smallest absolute Gasteiger partial charge is 0.0590 e. The first-order chi connectivity index (χ1) is 22.8. The molecule has 0 radical (unpaired) electrons. The molecule has 0 saturated heterocycles. The second-order valence-corrected chi connectivity index (χ2v) is 13.6. The number of fused-ring (bicyclic) bond motifs is 2. The van der Waals surface area contributed by atoms with Crippen LogP contribution in [-0.2, 0) is 6.42 Å². The van der Waals surface area contributed by atoms with E-state index >= 15 is 0 Å². The van der Waals surface area contributed by atoms with Gasteiger partial charge in [-0.2, -0.15) is 0 Å². The van der Waals surface area contributed by atoms with E-state index < -0.39 is 0 Å². The molecule has 0 saturated carbocycles. The van der Waals surface area contributed by atoms with Crippen molar-refractivity contribution >= 4 is 11.8 Å². The summed E-state index contributed by atoms with van der Waals surface area (Å²) in [4.78, 5) is 5.34. The zero-order valence-electron chi connectivity index (χ0n) is 27.0. The monoisotopic (exact) mass is 602 g/mol. The topological polar surface area (TPSA) is 6.48 Å². The Bertz CT molecular complexity index is 1740. The van der Waals surface area contributed by atoms with Crippen LogP contribution in [0.1, 0.15) is 75.3 Å². The summed E-state index contributed by atoms with van der Waals surface area (Å²) in [7, 11) is 0. The first-order valence-corrected chi connectivity index (χ1v) is 17.8. The lowest BCUT2D eigenvalue weighted by Gasteiger charge is -2.43. The molecule has 232 valence electrons. The molecule has 1 aromatic carbocycles. The highest BCUT2D eigenvalue weighted by atomic mass is 15.2. The Morgan fingerprint density at radius 2 is 1.43 bits per heavy atom. The Balaban J connectivity index is 1.08. The summed E-state index contributed by atoms with van der Waals surface area (Å²) in [6.45, 7) is 0. The van der Waals surface area contributed by atoms with Crippen LogP contribution in [-0.4, -0.2) is 17.0 Å². The summed E-state index contributed by atoms with van der Waals surface area (Å²) in [6.07, 6.45) is 54.9. The van der Waals surface area contributed by atoms with E-state index in [1.165, 1.54) is 63.5 Å². The standard InChI is InChI=1S/C44H46N2/c1-3-17-37(18-4-1)45(43-23-11-15-35-13-7-9-21-41(35)43)39-29-25-33(26-30-39)34-27-31-40(32-28-34)46(38-19-5-2-6-20-38)44-24-12-16-36-14-8-10-22-42(36)44/h1,3-5,7-8,11-17,19-20,23-25,27,29,31,37,42,44H,2,6,9-10,18,21-22,26,28,30,32H2. The van der Waals surface area contributed by atoms with E-state index in [4.69, 9.17) is 0 Å². The molecule has 1 aromatic rings. The molecule has 2 nitrogen and oxygen atoms in total. The summed E-state index contributed by atoms with van der Waals surface area (Å²) in [5, 5.41) is 0. The van der Waals surface area contributed by atoms with Gasteiger partial charge in [-0.1, -0.05) is 103 Å². The van der Waals surface area contributed by atoms with Gasteiger partial charge in [-0.25, -0.2) is 0 Å². The van der Waals surface area contributed by atoms with Crippen molar-refractivity contribution in [3.63, 3.8) is 0 Å². The maximum atomic E-state index is 2.68. The molecule has 46 heavy (non-hydrogen) atoms. The van der Waals surface area contributed by atoms with Crippen LogP contribution in [0.5, 0.6) is 0 Å². The molecule has 0 bridgehead atoms. The van der Waals surface area contributed by atoms with Crippen molar-refractivity contribution in [3.05, 3.63) is 166 Å². The lowest BCUT2D eigenvalue weighted by molar-refractivity contribution is 0.278. The van der Waals surface area contributed by atoms with Gasteiger partial charge in [0, 0.05) is 28.7 Å². The number of hydrogen-bond donors (Lipinski definition) is 0. The third-order valence-corrected chi connectivity index (χ3v) is 10.8. The largest absolute Gasteiger partial charge is 0.338 e. The van der Waals surface area contributed by atoms with Gasteiger partial charge in [-0.3, -0.25) is 0 Å². The Hall–Kier alpha value is -4.30. The molecule has 0 N–H and O–H groups in total. The Kier molecular flexibility index (Phi) is 8.36. The zero-order valence-corrected chi connectivity index (χ0v) is 27.0. The number of hydrogen-bond acceptors (Lipinski definition) is 2. The molecule has 0 aliphatic heterocycles. The highest BCUT2D eigenvalue weighted by Gasteiger charge is 2.33. The molecule has 0 amide bonds. The van der Waals surface area contributed by atoms with Crippen LogP contribution in [0.25, 0.3) is 6.08 Å². The average molecular weight is 603 g/mol. The van der Waals surface area contributed by atoms with E-state index in [0.717, 1.165) is 57.8 Å². The van der Waals surface area contributed by atoms with Gasteiger partial charge in [-0.15, -0.1) is 0 Å². The van der Waals surface area contributed by atoms with Gasteiger partial charge in [-0.05, 0) is 123 Å². The van der Waals surface area contributed by atoms with Gasteiger partial charge >= 0.3 is 0 Å². The summed E-state index contributed by atoms with van der Waals surface area (Å²) in [5.41, 5.74) is 13.1. The van der Waals surface area contributed by atoms with Gasteiger partial charge in [0.15, 0.2) is 0 Å². The quantitative estimate of drug-likeness (QED) is 0.306. The molecule has 0 heterocycles. The predicted molar refractivity (Wildman–Crippen MR) is 195 cm³/mol. The molecular weight excluding hydrogens is 556 g/mol. The number of allylic oxidation sites excluding steroid dienone is 18. The van der Waals surface area contributed by atoms with E-state index in [9.17, 15) is 0 Å². The van der Waals surface area contributed by atoms with Gasteiger partial charge in [0.1, 0.15) is 0 Å². The first-order valence-electron chi connectivity index (χ1n) is 17.8. The summed E-state index contributed by atoms with van der Waals surface area (Å²) in [5.74, 6) is 0.561. The van der Waals surface area contributed by atoms with Gasteiger partial charge in [0.25, 0.3) is 0 Å². The lowest BCUT2D eigenvalue weighted by atomic mass is 9.79. The highest BCUT2D eigenvalue weighted by molar-refractivity contribution is 5.70. The normalized spacial score (nSPS) is 26.2. The van der Waals surface area contributed by atoms with Crippen molar-refractivity contribution in [1.82, 2.24) is 4.90 Å². The van der Waals surface area contributed by atoms with E-state index in [1.54, 1.807) is 0 Å². The SMILES string of the molecule is C1=CCC(N(C2=CC=C(C3=CC=C(N(C4=CCCC=C4)C4C=CC=C5C=CCCC54)CC3)CC2)c2cccc3c2CCC=C3)C=C1. The van der Waals surface area contributed by atoms with Crippen molar-refractivity contribution in [2.75, 3.05) is 4.90 Å². The van der Waals surface area contributed by atoms with Crippen LogP contribution in [0.3, 0.4) is 0 Å². The van der Waals surface area contributed by atoms with Gasteiger partial charge in [0.2, 0.25) is 0 Å². The fourth-order valence-electron chi connectivity index (χ4n) is 8.50. The molecule has 3 unspecified atom stereocenters. The molecule has 3 atom stereocenters. The highest BCUT2D eigenvalue weighted by Crippen LogP contribution is 2.42. The summed E-state index contributed by atoms with van der Waals surface area (Å²) in [6, 6.07) is 7.62. The maximum Gasteiger partial charge on any atom is 0.0590 e. The fraction of sp³-hybridized carbons (Fsp3) is 0.318. The zero-order chi connectivity index (χ0) is 30.7. The fourth-order valence-corrected chi connectivity index (χ4v) is 8.50. The molecule has 7 aliphatic rings. The predicted octanol–water partition coefficient (Wildman–Crippen LogP) is 10.9. The van der Waals surface area contributed by atoms with E-state index in [1.807, 2.05) is 0 Å². The molecule has 8 rings (SSSR count). The number of nitrogens with zero attached hydrogens (tertiary/aromatic N) is 2. The average Bonchev–Trinajstić information content (AvgIpc) is 3.14. The van der Waals surface area contributed by atoms with Crippen molar-refractivity contribution in [1.29, 1.82) is 0 Å². The maximum absolute atomic E-state index is 2.68. The van der Waals surface area contributed by atoms with Crippen LogP contribution in [0.15, 0.2) is 155 Å². The van der Waals surface area contributed by atoms with Crippen LogP contribution < -0.4 is 4.90 Å². The lowest BCUT2D eigenvalue weighted by Crippen LogP contribution is -2.40. The van der Waals surface area contributed by atoms with Crippen LogP contribution in [0.4, 0.5) is 5.69 Å². The molecule has 0 aromatic heterocycles. The van der Waals surface area contributed by atoms with E-state index in [0.29, 0.717) is 18.0 Å². The molecule has 0 fully saturated rings. The second kappa shape index (κ2) is 13.2. The van der Waals surface area contributed by atoms with Gasteiger partial charge < -0.3 is 9.80 Å². The van der Waals surface area contributed by atoms with Crippen LogP contribution >= 0.6 is 0 Å². The van der Waals surface area contributed by atoms with Gasteiger partial charge in [0.05, 0.1) is 12.1 Å². The first kappa shape index (κ1) is 29.1. The second-order valence-electron chi connectivity index (χ2n) is 13.6. The van der Waals surface area contributed by atoms with Crippen LogP contribution in [0, 0.1) is 5.92 Å². The van der Waals surface area contributed by atoms with Crippen molar-refractivity contribution in [3.8, 4) is 0 Å². The van der Waals surface area contributed by atoms with Crippen molar-refractivity contribution in [2.24, 2.45) is 5.92 Å². The third kappa shape index (κ3) is 5.75. The molecule has 7 aliphatic carbocycles. The molecule has 0 spiro atoms. The minimum absolute atomic E-state index is 0.362. The van der Waals surface area contributed by atoms with Crippen molar-refractivity contribution in [2.45, 2.75) is 82.7 Å². The summed E-state index contributed by atoms with van der Waals surface area (Å²) >= 11 is 0. The van der Waals surface area contributed by atoms with E-state index in [2.05, 4.69) is 137 Å². The van der Waals surface area contributed by atoms with E-state index in [-0.39, 0.29) is 0 Å². The van der Waals surface area contributed by atoms with Crippen LogP contribution in [0.2, 0.25) is 0 Å². The Labute approximate surface area is 276 Å². The molecular formula is C44H46N2. The Morgan fingerprint density at radius 1 is 0.609 bits per heavy atom.